The zero-order chi connectivity index (χ0) is 22.7. The highest BCUT2D eigenvalue weighted by molar-refractivity contribution is 6.31. The average Bonchev–Trinajstić information content (AvgIpc) is 3.22. The molecule has 1 heterocycles. The van der Waals surface area contributed by atoms with E-state index < -0.39 is 0 Å². The Hall–Kier alpha value is -3.31. The molecule has 3 aromatic carbocycles. The lowest BCUT2D eigenvalue weighted by atomic mass is 9.99. The molecule has 1 amide bonds. The van der Waals surface area contributed by atoms with Crippen molar-refractivity contribution in [3.05, 3.63) is 76.8 Å². The van der Waals surface area contributed by atoms with Crippen molar-refractivity contribution in [3.63, 3.8) is 0 Å². The third kappa shape index (κ3) is 4.94. The van der Waals surface area contributed by atoms with Gasteiger partial charge >= 0.3 is 0 Å². The first-order valence-corrected chi connectivity index (χ1v) is 11.0. The van der Waals surface area contributed by atoms with Crippen molar-refractivity contribution < 1.29 is 13.9 Å². The number of halogens is 1. The summed E-state index contributed by atoms with van der Waals surface area (Å²) >= 11 is 6.04. The summed E-state index contributed by atoms with van der Waals surface area (Å²) in [6.07, 6.45) is 1.08. The average molecular weight is 449 g/mol. The minimum absolute atomic E-state index is 0.0757. The van der Waals surface area contributed by atoms with Crippen LogP contribution in [-0.4, -0.2) is 17.5 Å². The van der Waals surface area contributed by atoms with E-state index in [-0.39, 0.29) is 12.5 Å². The van der Waals surface area contributed by atoms with Gasteiger partial charge in [-0.1, -0.05) is 43.6 Å². The zero-order valence-corrected chi connectivity index (χ0v) is 19.1. The van der Waals surface area contributed by atoms with E-state index in [2.05, 4.69) is 24.1 Å². The minimum atomic E-state index is -0.236. The lowest BCUT2D eigenvalue weighted by Crippen LogP contribution is -2.20. The predicted octanol–water partition coefficient (Wildman–Crippen LogP) is 6.99. The van der Waals surface area contributed by atoms with Gasteiger partial charge in [0.15, 0.2) is 12.2 Å². The van der Waals surface area contributed by atoms with Crippen LogP contribution in [0.15, 0.2) is 65.1 Å². The Balaban J connectivity index is 1.43. The Morgan fingerprint density at radius 3 is 2.66 bits per heavy atom. The number of fused-ring (bicyclic) bond motifs is 1. The third-order valence-corrected chi connectivity index (χ3v) is 5.77. The summed E-state index contributed by atoms with van der Waals surface area (Å²) < 4.78 is 11.5. The Bertz CT molecular complexity index is 1250. The number of nitrogens with one attached hydrogen (secondary N) is 1. The number of hydrogen-bond acceptors (Lipinski definition) is 4. The molecule has 0 spiro atoms. The number of nitrogens with zero attached hydrogens (tertiary/aromatic N) is 1. The summed E-state index contributed by atoms with van der Waals surface area (Å²) in [6.45, 7) is 6.21. The Morgan fingerprint density at radius 1 is 1.12 bits per heavy atom. The molecule has 0 fully saturated rings. The SMILES string of the molecule is CC[C@@H](C)c1ccc(OCC(=O)Nc2cc(-c3nc4cc(Cl)ccc4o3)ccc2C)cc1. The second-order valence-corrected chi connectivity index (χ2v) is 8.31. The maximum absolute atomic E-state index is 12.5. The molecule has 0 saturated heterocycles. The number of anilines is 1. The van der Waals surface area contributed by atoms with Crippen LogP contribution >= 0.6 is 11.6 Å². The fraction of sp³-hybridized carbons (Fsp3) is 0.231. The van der Waals surface area contributed by atoms with Gasteiger partial charge in [0.25, 0.3) is 5.91 Å². The number of carbonyl (C=O) groups is 1. The first-order valence-electron chi connectivity index (χ1n) is 10.6. The number of amides is 1. The largest absolute Gasteiger partial charge is 0.484 e. The fourth-order valence-electron chi connectivity index (χ4n) is 3.38. The maximum atomic E-state index is 12.5. The molecule has 164 valence electrons. The minimum Gasteiger partial charge on any atom is -0.484 e. The number of ether oxygens (including phenoxy) is 1. The van der Waals surface area contributed by atoms with E-state index in [0.29, 0.717) is 39.4 Å². The van der Waals surface area contributed by atoms with Crippen molar-refractivity contribution in [2.45, 2.75) is 33.1 Å². The molecule has 4 rings (SSSR count). The monoisotopic (exact) mass is 448 g/mol. The molecule has 6 heteroatoms. The van der Waals surface area contributed by atoms with Gasteiger partial charge in [-0.25, -0.2) is 4.98 Å². The highest BCUT2D eigenvalue weighted by Gasteiger charge is 2.12. The van der Waals surface area contributed by atoms with Crippen molar-refractivity contribution in [2.75, 3.05) is 11.9 Å². The maximum Gasteiger partial charge on any atom is 0.262 e. The number of aromatic nitrogens is 1. The Kier molecular flexibility index (Phi) is 6.47. The lowest BCUT2D eigenvalue weighted by Gasteiger charge is -2.12. The van der Waals surface area contributed by atoms with Crippen LogP contribution in [0.2, 0.25) is 5.02 Å². The van der Waals surface area contributed by atoms with Crippen molar-refractivity contribution >= 4 is 34.3 Å². The highest BCUT2D eigenvalue weighted by Crippen LogP contribution is 2.29. The molecular weight excluding hydrogens is 424 g/mol. The topological polar surface area (TPSA) is 64.4 Å². The van der Waals surface area contributed by atoms with E-state index in [4.69, 9.17) is 20.8 Å². The lowest BCUT2D eigenvalue weighted by molar-refractivity contribution is -0.118. The van der Waals surface area contributed by atoms with E-state index in [9.17, 15) is 4.79 Å². The molecule has 1 N–H and O–H groups in total. The molecule has 5 nitrogen and oxygen atoms in total. The molecule has 1 atom stereocenters. The first kappa shape index (κ1) is 21.9. The standard InChI is InChI=1S/C26H25ClN2O3/c1-4-16(2)18-7-10-21(11-8-18)31-15-25(30)28-22-13-19(6-5-17(22)3)26-29-23-14-20(27)9-12-24(23)32-26/h5-14,16H,4,15H2,1-3H3,(H,28,30)/t16-/m1/s1. The van der Waals surface area contributed by atoms with Crippen LogP contribution in [0.5, 0.6) is 5.75 Å². The van der Waals surface area contributed by atoms with Crippen molar-refractivity contribution in [1.29, 1.82) is 0 Å². The summed E-state index contributed by atoms with van der Waals surface area (Å²) in [7, 11) is 0. The second-order valence-electron chi connectivity index (χ2n) is 7.88. The van der Waals surface area contributed by atoms with Gasteiger partial charge in [-0.3, -0.25) is 4.79 Å². The Labute approximate surface area is 192 Å². The molecule has 0 aliphatic rings. The molecule has 32 heavy (non-hydrogen) atoms. The number of carbonyl (C=O) groups excluding carboxylic acids is 1. The Morgan fingerprint density at radius 2 is 1.91 bits per heavy atom. The normalized spacial score (nSPS) is 12.0. The number of aryl methyl sites for hydroxylation is 1. The quantitative estimate of drug-likeness (QED) is 0.331. The van der Waals surface area contributed by atoms with E-state index in [1.165, 1.54) is 5.56 Å². The van der Waals surface area contributed by atoms with Crippen LogP contribution < -0.4 is 10.1 Å². The van der Waals surface area contributed by atoms with Crippen LogP contribution in [0.3, 0.4) is 0 Å². The van der Waals surface area contributed by atoms with Gasteiger partial charge in [0.2, 0.25) is 5.89 Å². The van der Waals surface area contributed by atoms with Gasteiger partial charge in [0.05, 0.1) is 0 Å². The highest BCUT2D eigenvalue weighted by atomic mass is 35.5. The molecule has 0 radical (unpaired) electrons. The molecule has 1 aromatic heterocycles. The van der Waals surface area contributed by atoms with Crippen molar-refractivity contribution in [3.8, 4) is 17.2 Å². The second kappa shape index (κ2) is 9.45. The molecular formula is C26H25ClN2O3. The van der Waals surface area contributed by atoms with Crippen molar-refractivity contribution in [1.82, 2.24) is 4.98 Å². The van der Waals surface area contributed by atoms with Gasteiger partial charge in [-0.2, -0.15) is 0 Å². The van der Waals surface area contributed by atoms with Crippen LogP contribution in [0.25, 0.3) is 22.6 Å². The van der Waals surface area contributed by atoms with E-state index in [1.54, 1.807) is 18.2 Å². The number of hydrogen-bond donors (Lipinski definition) is 1. The fourth-order valence-corrected chi connectivity index (χ4v) is 3.54. The van der Waals surface area contributed by atoms with E-state index >= 15 is 0 Å². The number of rotatable bonds is 7. The molecule has 0 aliphatic carbocycles. The number of oxazole rings is 1. The number of benzene rings is 3. The van der Waals surface area contributed by atoms with Crippen LogP contribution in [-0.2, 0) is 4.79 Å². The summed E-state index contributed by atoms with van der Waals surface area (Å²) in [5, 5.41) is 3.52. The van der Waals surface area contributed by atoms with E-state index in [1.807, 2.05) is 49.4 Å². The first-order chi connectivity index (χ1) is 15.4. The predicted molar refractivity (Wildman–Crippen MR) is 128 cm³/mol. The molecule has 0 bridgehead atoms. The summed E-state index contributed by atoms with van der Waals surface area (Å²) in [5.41, 5.74) is 4.98. The third-order valence-electron chi connectivity index (χ3n) is 5.54. The van der Waals surface area contributed by atoms with Gasteiger partial charge in [0, 0.05) is 16.3 Å². The molecule has 0 unspecified atom stereocenters. The van der Waals surface area contributed by atoms with Crippen molar-refractivity contribution in [2.24, 2.45) is 0 Å². The van der Waals surface area contributed by atoms with Gasteiger partial charge in [-0.15, -0.1) is 0 Å². The van der Waals surface area contributed by atoms with Crippen LogP contribution in [0.4, 0.5) is 5.69 Å². The van der Waals surface area contributed by atoms with Gasteiger partial charge in [-0.05, 0) is 72.9 Å². The van der Waals surface area contributed by atoms with E-state index in [0.717, 1.165) is 17.5 Å². The van der Waals surface area contributed by atoms with Gasteiger partial charge in [0.1, 0.15) is 11.3 Å². The van der Waals surface area contributed by atoms with Crippen LogP contribution in [0, 0.1) is 6.92 Å². The van der Waals surface area contributed by atoms with Crippen LogP contribution in [0.1, 0.15) is 37.3 Å². The van der Waals surface area contributed by atoms with Gasteiger partial charge < -0.3 is 14.5 Å². The summed E-state index contributed by atoms with van der Waals surface area (Å²) in [4.78, 5) is 17.0. The summed E-state index contributed by atoms with van der Waals surface area (Å²) in [5.74, 6) is 1.40. The zero-order valence-electron chi connectivity index (χ0n) is 18.3. The molecule has 4 aromatic rings. The summed E-state index contributed by atoms with van der Waals surface area (Å²) in [6, 6.07) is 18.9. The molecule has 0 saturated carbocycles. The smallest absolute Gasteiger partial charge is 0.262 e. The molecule has 0 aliphatic heterocycles.